The Kier molecular flexibility index (Phi) is 4.51. The highest BCUT2D eigenvalue weighted by Gasteiger charge is 2.24. The standard InChI is InChI=1S/C18H21NOS/c1-2-21(20)12-11-19-18-16-9-5-3-7-14(16)13-15-8-4-6-10-17(15)18/h3-10,18-19H,2,11-13H2,1H3. The van der Waals surface area contributed by atoms with Crippen molar-refractivity contribution in [3.05, 3.63) is 70.8 Å². The third-order valence-electron chi connectivity index (χ3n) is 4.11. The van der Waals surface area contributed by atoms with Gasteiger partial charge in [0.05, 0.1) is 6.04 Å². The molecule has 0 spiro atoms. The van der Waals surface area contributed by atoms with E-state index in [1.54, 1.807) is 0 Å². The van der Waals surface area contributed by atoms with Gasteiger partial charge in [0.2, 0.25) is 0 Å². The van der Waals surface area contributed by atoms with E-state index in [2.05, 4.69) is 53.8 Å². The summed E-state index contributed by atoms with van der Waals surface area (Å²) in [4.78, 5) is 0. The molecule has 0 fully saturated rings. The molecule has 0 aliphatic heterocycles. The Balaban J connectivity index is 1.86. The first-order chi connectivity index (χ1) is 10.3. The summed E-state index contributed by atoms with van der Waals surface area (Å²) in [6.07, 6.45) is 1.01. The van der Waals surface area contributed by atoms with Gasteiger partial charge in [-0.3, -0.25) is 4.21 Å². The number of hydrogen-bond donors (Lipinski definition) is 1. The minimum atomic E-state index is -0.709. The second-order valence-corrected chi connectivity index (χ2v) is 7.26. The molecule has 21 heavy (non-hydrogen) atoms. The molecule has 1 aliphatic carbocycles. The topological polar surface area (TPSA) is 29.1 Å². The summed E-state index contributed by atoms with van der Waals surface area (Å²) in [6, 6.07) is 17.5. The van der Waals surface area contributed by atoms with Gasteiger partial charge in [0.1, 0.15) is 0 Å². The number of nitrogens with one attached hydrogen (secondary N) is 1. The summed E-state index contributed by atoms with van der Waals surface area (Å²) in [5.74, 6) is 1.46. The van der Waals surface area contributed by atoms with Gasteiger partial charge in [0.25, 0.3) is 0 Å². The Labute approximate surface area is 129 Å². The number of fused-ring (bicyclic) bond motifs is 2. The zero-order valence-electron chi connectivity index (χ0n) is 12.3. The highest BCUT2D eigenvalue weighted by atomic mass is 32.2. The third kappa shape index (κ3) is 3.09. The molecule has 110 valence electrons. The van der Waals surface area contributed by atoms with Gasteiger partial charge >= 0.3 is 0 Å². The maximum atomic E-state index is 11.6. The zero-order chi connectivity index (χ0) is 14.7. The average Bonchev–Trinajstić information content (AvgIpc) is 2.54. The zero-order valence-corrected chi connectivity index (χ0v) is 13.2. The Hall–Kier alpha value is -1.45. The van der Waals surface area contributed by atoms with Crippen LogP contribution in [0, 0.1) is 0 Å². The van der Waals surface area contributed by atoms with Gasteiger partial charge < -0.3 is 5.32 Å². The van der Waals surface area contributed by atoms with Crippen molar-refractivity contribution in [3.63, 3.8) is 0 Å². The Morgan fingerprint density at radius 2 is 1.62 bits per heavy atom. The second kappa shape index (κ2) is 6.54. The first-order valence-corrected chi connectivity index (χ1v) is 9.02. The van der Waals surface area contributed by atoms with Crippen LogP contribution in [-0.2, 0) is 17.2 Å². The Bertz CT molecular complexity index is 608. The van der Waals surface area contributed by atoms with Crippen LogP contribution in [0.2, 0.25) is 0 Å². The maximum Gasteiger partial charge on any atom is 0.0582 e. The number of rotatable bonds is 5. The monoisotopic (exact) mass is 299 g/mol. The summed E-state index contributed by atoms with van der Waals surface area (Å²) in [5.41, 5.74) is 5.51. The van der Waals surface area contributed by atoms with Gasteiger partial charge in [0.15, 0.2) is 0 Å². The van der Waals surface area contributed by atoms with Crippen LogP contribution < -0.4 is 5.32 Å². The van der Waals surface area contributed by atoms with Gasteiger partial charge in [-0.1, -0.05) is 55.5 Å². The predicted octanol–water partition coefficient (Wildman–Crippen LogP) is 3.04. The van der Waals surface area contributed by atoms with Crippen LogP contribution in [0.3, 0.4) is 0 Å². The lowest BCUT2D eigenvalue weighted by atomic mass is 9.82. The minimum Gasteiger partial charge on any atom is -0.305 e. The van der Waals surface area contributed by atoms with E-state index in [1.807, 2.05) is 6.92 Å². The van der Waals surface area contributed by atoms with Crippen LogP contribution in [0.25, 0.3) is 0 Å². The smallest absolute Gasteiger partial charge is 0.0582 e. The molecule has 0 aromatic heterocycles. The van der Waals surface area contributed by atoms with Crippen molar-refractivity contribution in [2.75, 3.05) is 18.1 Å². The van der Waals surface area contributed by atoms with E-state index in [-0.39, 0.29) is 6.04 Å². The predicted molar refractivity (Wildman–Crippen MR) is 89.1 cm³/mol. The van der Waals surface area contributed by atoms with E-state index in [4.69, 9.17) is 0 Å². The number of hydrogen-bond acceptors (Lipinski definition) is 2. The molecule has 2 aromatic carbocycles. The molecule has 0 radical (unpaired) electrons. The fourth-order valence-electron chi connectivity index (χ4n) is 3.01. The summed E-state index contributed by atoms with van der Waals surface area (Å²) in [5, 5.41) is 3.61. The van der Waals surface area contributed by atoms with Crippen molar-refractivity contribution in [2.45, 2.75) is 19.4 Å². The van der Waals surface area contributed by atoms with E-state index < -0.39 is 10.8 Å². The normalized spacial score (nSPS) is 15.3. The SMILES string of the molecule is CCS(=O)CCNC1c2ccccc2Cc2ccccc21. The fourth-order valence-corrected chi connectivity index (χ4v) is 3.64. The van der Waals surface area contributed by atoms with Crippen LogP contribution in [0.1, 0.15) is 35.2 Å². The van der Waals surface area contributed by atoms with E-state index in [0.29, 0.717) is 0 Å². The van der Waals surface area contributed by atoms with Crippen LogP contribution >= 0.6 is 0 Å². The van der Waals surface area contributed by atoms with Crippen molar-refractivity contribution < 1.29 is 4.21 Å². The van der Waals surface area contributed by atoms with Gasteiger partial charge in [-0.15, -0.1) is 0 Å². The van der Waals surface area contributed by atoms with Gasteiger partial charge in [-0.2, -0.15) is 0 Å². The van der Waals surface area contributed by atoms with Crippen molar-refractivity contribution in [1.82, 2.24) is 5.32 Å². The van der Waals surface area contributed by atoms with Crippen molar-refractivity contribution in [3.8, 4) is 0 Å². The molecule has 1 N–H and O–H groups in total. The van der Waals surface area contributed by atoms with Gasteiger partial charge in [-0.05, 0) is 28.7 Å². The molecule has 0 amide bonds. The molecule has 0 saturated carbocycles. The summed E-state index contributed by atoms with van der Waals surface area (Å²) >= 11 is 0. The third-order valence-corrected chi connectivity index (χ3v) is 5.42. The molecule has 0 heterocycles. The molecular weight excluding hydrogens is 278 g/mol. The molecule has 1 aliphatic rings. The fraction of sp³-hybridized carbons (Fsp3) is 0.333. The van der Waals surface area contributed by atoms with Gasteiger partial charge in [0, 0.05) is 28.9 Å². The molecule has 3 rings (SSSR count). The van der Waals surface area contributed by atoms with E-state index in [9.17, 15) is 4.21 Å². The molecule has 3 heteroatoms. The number of benzene rings is 2. The van der Waals surface area contributed by atoms with E-state index in [0.717, 1.165) is 24.5 Å². The average molecular weight is 299 g/mol. The maximum absolute atomic E-state index is 11.6. The van der Waals surface area contributed by atoms with Crippen LogP contribution in [0.5, 0.6) is 0 Å². The molecule has 2 nitrogen and oxygen atoms in total. The molecule has 0 saturated heterocycles. The lowest BCUT2D eigenvalue weighted by Gasteiger charge is -2.29. The quantitative estimate of drug-likeness (QED) is 0.919. The first kappa shape index (κ1) is 14.5. The van der Waals surface area contributed by atoms with E-state index >= 15 is 0 Å². The lowest BCUT2D eigenvalue weighted by molar-refractivity contribution is 0.609. The molecular formula is C18H21NOS. The van der Waals surface area contributed by atoms with Crippen LogP contribution in [0.4, 0.5) is 0 Å². The summed E-state index contributed by atoms with van der Waals surface area (Å²) < 4.78 is 11.6. The van der Waals surface area contributed by atoms with Gasteiger partial charge in [-0.25, -0.2) is 0 Å². The Morgan fingerprint density at radius 1 is 1.05 bits per heavy atom. The van der Waals surface area contributed by atoms with Crippen molar-refractivity contribution >= 4 is 10.8 Å². The highest BCUT2D eigenvalue weighted by Crippen LogP contribution is 2.34. The summed E-state index contributed by atoms with van der Waals surface area (Å²) in [7, 11) is -0.709. The Morgan fingerprint density at radius 3 is 2.19 bits per heavy atom. The lowest BCUT2D eigenvalue weighted by Crippen LogP contribution is -2.30. The second-order valence-electron chi connectivity index (χ2n) is 5.39. The molecule has 1 atom stereocenters. The summed E-state index contributed by atoms with van der Waals surface area (Å²) in [6.45, 7) is 2.76. The molecule has 0 bridgehead atoms. The van der Waals surface area contributed by atoms with Crippen LogP contribution in [-0.4, -0.2) is 22.3 Å². The van der Waals surface area contributed by atoms with E-state index in [1.165, 1.54) is 22.3 Å². The minimum absolute atomic E-state index is 0.222. The largest absolute Gasteiger partial charge is 0.305 e. The van der Waals surface area contributed by atoms with Crippen molar-refractivity contribution in [2.24, 2.45) is 0 Å². The van der Waals surface area contributed by atoms with Crippen molar-refractivity contribution in [1.29, 1.82) is 0 Å². The first-order valence-electron chi connectivity index (χ1n) is 7.53. The van der Waals surface area contributed by atoms with Crippen LogP contribution in [0.15, 0.2) is 48.5 Å². The molecule has 1 unspecified atom stereocenters. The molecule has 2 aromatic rings. The highest BCUT2D eigenvalue weighted by molar-refractivity contribution is 7.84.